The molecule has 1 aromatic rings. The van der Waals surface area contributed by atoms with Gasteiger partial charge in [-0.2, -0.15) is 0 Å². The van der Waals surface area contributed by atoms with Crippen LogP contribution in [-0.2, 0) is 10.3 Å². The van der Waals surface area contributed by atoms with Gasteiger partial charge in [-0.05, 0) is 23.1 Å². The Bertz CT molecular complexity index is 360. The lowest BCUT2D eigenvalue weighted by molar-refractivity contribution is 0.221. The van der Waals surface area contributed by atoms with E-state index in [1.165, 1.54) is 5.56 Å². The van der Waals surface area contributed by atoms with Gasteiger partial charge in [0.25, 0.3) is 0 Å². The van der Waals surface area contributed by atoms with Crippen molar-refractivity contribution in [3.05, 3.63) is 42.3 Å². The number of hydrazine groups is 1. The van der Waals surface area contributed by atoms with E-state index in [4.69, 9.17) is 4.84 Å². The van der Waals surface area contributed by atoms with Gasteiger partial charge in [-0.1, -0.05) is 32.9 Å². The third-order valence-electron chi connectivity index (χ3n) is 2.39. The smallest absolute Gasteiger partial charge is 0.187 e. The summed E-state index contributed by atoms with van der Waals surface area (Å²) in [5, 5.41) is 1.62. The zero-order valence-corrected chi connectivity index (χ0v) is 9.32. The molecule has 0 unspecified atom stereocenters. The fraction of sp³-hybridized carbons (Fsp3) is 0.333. The van der Waals surface area contributed by atoms with Gasteiger partial charge in [-0.3, -0.25) is 5.43 Å². The van der Waals surface area contributed by atoms with Crippen molar-refractivity contribution >= 4 is 23.0 Å². The van der Waals surface area contributed by atoms with Crippen molar-refractivity contribution in [2.45, 2.75) is 26.2 Å². The van der Waals surface area contributed by atoms with E-state index in [-0.39, 0.29) is 22.8 Å². The zero-order valence-electron chi connectivity index (χ0n) is 9.32. The molecule has 1 aromatic carbocycles. The van der Waals surface area contributed by atoms with E-state index >= 15 is 0 Å². The first kappa shape index (κ1) is 13.0. The van der Waals surface area contributed by atoms with Crippen LogP contribution in [0.5, 0.6) is 0 Å². The number of hydrogen-bond acceptors (Lipinski definition) is 3. The number of nitrogens with zero attached hydrogens (tertiary/aromatic N) is 1. The number of rotatable bonds is 1. The predicted octanol–water partition coefficient (Wildman–Crippen LogP) is 1.53. The maximum atomic E-state index is 5.21. The van der Waals surface area contributed by atoms with E-state index in [0.29, 0.717) is 0 Å². The summed E-state index contributed by atoms with van der Waals surface area (Å²) >= 11 is 0. The summed E-state index contributed by atoms with van der Waals surface area (Å²) in [7, 11) is 0. The monoisotopic (exact) mass is 234 g/mol. The van der Waals surface area contributed by atoms with Crippen LogP contribution in [-0.4, -0.2) is 17.4 Å². The normalized spacial score (nSPS) is 14.1. The largest absolute Gasteiger partial charge is 0.366 e. The van der Waals surface area contributed by atoms with Crippen molar-refractivity contribution in [2.75, 3.05) is 5.17 Å². The van der Waals surface area contributed by atoms with Crippen molar-refractivity contribution in [3.63, 3.8) is 0 Å². The topological polar surface area (TPSA) is 24.5 Å². The van der Waals surface area contributed by atoms with E-state index in [2.05, 4.69) is 38.3 Å². The van der Waals surface area contributed by atoms with Crippen LogP contribution in [0.15, 0.2) is 36.7 Å². The van der Waals surface area contributed by atoms with E-state index in [1.54, 1.807) is 17.6 Å². The second-order valence-corrected chi connectivity index (χ2v) is 4.63. The Morgan fingerprint density at radius 2 is 1.75 bits per heavy atom. The molecule has 3 nitrogen and oxygen atoms in total. The molecule has 0 fully saturated rings. The molecule has 16 heavy (non-hydrogen) atoms. The molecule has 0 radical (unpaired) electrons. The third-order valence-corrected chi connectivity index (χ3v) is 2.39. The Balaban J connectivity index is 0.00000128. The molecular weight excluding hydrogens is 215 g/mol. The molecule has 0 atom stereocenters. The predicted molar refractivity (Wildman–Crippen MR) is 70.9 cm³/mol. The minimum Gasteiger partial charge on any atom is -0.366 e. The van der Waals surface area contributed by atoms with Crippen molar-refractivity contribution in [1.29, 1.82) is 0 Å². The number of nitrogens with one attached hydrogen (secondary N) is 1. The SMILES string of the molecule is CC(C)(C)c1ccc(N2NC=CO2)cc1.[AlH3]. The third kappa shape index (κ3) is 2.72. The molecule has 0 aromatic heterocycles. The lowest BCUT2D eigenvalue weighted by Gasteiger charge is -2.21. The van der Waals surface area contributed by atoms with Crippen LogP contribution in [0.2, 0.25) is 0 Å². The van der Waals surface area contributed by atoms with Crippen LogP contribution < -0.4 is 10.6 Å². The Morgan fingerprint density at radius 1 is 1.12 bits per heavy atom. The van der Waals surface area contributed by atoms with Gasteiger partial charge >= 0.3 is 0 Å². The molecule has 0 spiro atoms. The van der Waals surface area contributed by atoms with Crippen LogP contribution in [0.1, 0.15) is 26.3 Å². The Kier molecular flexibility index (Phi) is 3.90. The molecular formula is C12H19AlN2O. The molecule has 0 amide bonds. The molecule has 86 valence electrons. The fourth-order valence-corrected chi connectivity index (χ4v) is 1.45. The Morgan fingerprint density at radius 3 is 2.19 bits per heavy atom. The minimum absolute atomic E-state index is 0. The Hall–Kier alpha value is -1.11. The highest BCUT2D eigenvalue weighted by molar-refractivity contribution is 5.75. The second kappa shape index (κ2) is 4.82. The van der Waals surface area contributed by atoms with Crippen LogP contribution >= 0.6 is 0 Å². The quantitative estimate of drug-likeness (QED) is 0.746. The van der Waals surface area contributed by atoms with E-state index < -0.39 is 0 Å². The molecule has 0 aliphatic carbocycles. The summed E-state index contributed by atoms with van der Waals surface area (Å²) < 4.78 is 0. The summed E-state index contributed by atoms with van der Waals surface area (Å²) in [5.74, 6) is 0. The standard InChI is InChI=1S/C12H16N2O.Al.3H/c1-12(2,3)10-4-6-11(7-5-10)14-13-8-9-15-14;;;;/h4-9,13H,1-3H3;;;;. The van der Waals surface area contributed by atoms with Crippen LogP contribution in [0, 0.1) is 0 Å². The van der Waals surface area contributed by atoms with Gasteiger partial charge < -0.3 is 4.84 Å². The van der Waals surface area contributed by atoms with Gasteiger partial charge in [-0.15, -0.1) is 5.17 Å². The van der Waals surface area contributed by atoms with Crippen molar-refractivity contribution in [3.8, 4) is 0 Å². The highest BCUT2D eigenvalue weighted by Gasteiger charge is 2.14. The molecule has 1 aliphatic heterocycles. The summed E-state index contributed by atoms with van der Waals surface area (Å²) in [4.78, 5) is 5.21. The summed E-state index contributed by atoms with van der Waals surface area (Å²) in [6.07, 6.45) is 3.36. The molecule has 1 N–H and O–H groups in total. The van der Waals surface area contributed by atoms with Gasteiger partial charge in [0.15, 0.2) is 17.4 Å². The van der Waals surface area contributed by atoms with E-state index in [1.807, 2.05) is 12.1 Å². The fourth-order valence-electron chi connectivity index (χ4n) is 1.45. The maximum Gasteiger partial charge on any atom is 0.187 e. The second-order valence-electron chi connectivity index (χ2n) is 4.63. The number of hydrogen-bond donors (Lipinski definition) is 1. The molecule has 4 heteroatoms. The number of anilines is 1. The number of benzene rings is 1. The highest BCUT2D eigenvalue weighted by Crippen LogP contribution is 2.24. The zero-order chi connectivity index (χ0) is 10.9. The highest BCUT2D eigenvalue weighted by atomic mass is 27.0. The molecule has 0 saturated carbocycles. The average molecular weight is 234 g/mol. The van der Waals surface area contributed by atoms with Gasteiger partial charge in [0.2, 0.25) is 0 Å². The van der Waals surface area contributed by atoms with Gasteiger partial charge in [0, 0.05) is 0 Å². The molecule has 0 bridgehead atoms. The summed E-state index contributed by atoms with van der Waals surface area (Å²) in [6.45, 7) is 6.61. The summed E-state index contributed by atoms with van der Waals surface area (Å²) in [5.41, 5.74) is 5.46. The van der Waals surface area contributed by atoms with Gasteiger partial charge in [-0.25, -0.2) is 0 Å². The summed E-state index contributed by atoms with van der Waals surface area (Å²) in [6, 6.07) is 8.33. The minimum atomic E-state index is 0. The first-order valence-electron chi connectivity index (χ1n) is 5.06. The van der Waals surface area contributed by atoms with Crippen molar-refractivity contribution in [2.24, 2.45) is 0 Å². The first-order chi connectivity index (χ1) is 7.07. The van der Waals surface area contributed by atoms with Crippen LogP contribution in [0.3, 0.4) is 0 Å². The first-order valence-corrected chi connectivity index (χ1v) is 5.06. The Labute approximate surface area is 107 Å². The lowest BCUT2D eigenvalue weighted by atomic mass is 9.87. The van der Waals surface area contributed by atoms with E-state index in [9.17, 15) is 0 Å². The molecule has 1 heterocycles. The van der Waals surface area contributed by atoms with Gasteiger partial charge in [0.05, 0.1) is 11.9 Å². The average Bonchev–Trinajstić information content (AvgIpc) is 2.69. The van der Waals surface area contributed by atoms with Crippen LogP contribution in [0.4, 0.5) is 5.69 Å². The lowest BCUT2D eigenvalue weighted by Crippen LogP contribution is -2.27. The van der Waals surface area contributed by atoms with Crippen LogP contribution in [0.25, 0.3) is 0 Å². The van der Waals surface area contributed by atoms with E-state index in [0.717, 1.165) is 5.69 Å². The molecule has 2 rings (SSSR count). The van der Waals surface area contributed by atoms with Gasteiger partial charge in [0.1, 0.15) is 6.26 Å². The molecule has 1 aliphatic rings. The van der Waals surface area contributed by atoms with Crippen molar-refractivity contribution < 1.29 is 4.84 Å². The van der Waals surface area contributed by atoms with Crippen molar-refractivity contribution in [1.82, 2.24) is 5.43 Å². The maximum absolute atomic E-state index is 5.21. The molecule has 0 saturated heterocycles.